The molecule has 0 saturated carbocycles. The Kier molecular flexibility index (Phi) is 8.81. The Hall–Kier alpha value is -8.86. The van der Waals surface area contributed by atoms with E-state index in [0.29, 0.717) is 0 Å². The maximum atomic E-state index is 6.66. The molecule has 4 heteroatoms. The zero-order valence-corrected chi connectivity index (χ0v) is 35.8. The lowest BCUT2D eigenvalue weighted by Gasteiger charge is -2.26. The summed E-state index contributed by atoms with van der Waals surface area (Å²) >= 11 is 0. The van der Waals surface area contributed by atoms with E-state index in [4.69, 9.17) is 8.83 Å². The van der Waals surface area contributed by atoms with Crippen LogP contribution in [-0.4, -0.2) is 0 Å². The van der Waals surface area contributed by atoms with Gasteiger partial charge < -0.3 is 18.6 Å². The van der Waals surface area contributed by atoms with Gasteiger partial charge in [-0.2, -0.15) is 0 Å². The van der Waals surface area contributed by atoms with Crippen LogP contribution < -0.4 is 9.80 Å². The number of para-hydroxylation sites is 2. The SMILES string of the molecule is c1ccc(-c2cccc(N(c3ccccc3)c3ccc4cc5c(cc4c3)oc3cc4oc6cc7cc(N(c8ccccc8)c8cccc(-c9ccccc9)c8)ccc7cc6c4cc35)c2)cc1. The molecule has 0 unspecified atom stereocenters. The predicted octanol–water partition coefficient (Wildman–Crippen LogP) is 18.1. The van der Waals surface area contributed by atoms with Gasteiger partial charge in [0.15, 0.2) is 0 Å². The van der Waals surface area contributed by atoms with Crippen molar-refractivity contribution in [1.29, 1.82) is 0 Å². The van der Waals surface area contributed by atoms with Crippen molar-refractivity contribution < 1.29 is 8.83 Å². The minimum Gasteiger partial charge on any atom is -0.456 e. The molecule has 0 aliphatic carbocycles. The molecule has 4 nitrogen and oxygen atoms in total. The van der Waals surface area contributed by atoms with Crippen molar-refractivity contribution in [3.8, 4) is 22.3 Å². The summed E-state index contributed by atoms with van der Waals surface area (Å²) in [6, 6.07) is 86.4. The van der Waals surface area contributed by atoms with Crippen molar-refractivity contribution >= 4 is 99.5 Å². The zero-order valence-electron chi connectivity index (χ0n) is 35.8. The first-order valence-electron chi connectivity index (χ1n) is 22.4. The first-order valence-corrected chi connectivity index (χ1v) is 22.4. The van der Waals surface area contributed by atoms with Crippen molar-refractivity contribution in [2.75, 3.05) is 9.80 Å². The van der Waals surface area contributed by atoms with Gasteiger partial charge in [-0.1, -0.05) is 133 Å². The topological polar surface area (TPSA) is 32.8 Å². The van der Waals surface area contributed by atoms with E-state index < -0.39 is 0 Å². The average Bonchev–Trinajstić information content (AvgIpc) is 3.91. The summed E-state index contributed by atoms with van der Waals surface area (Å²) in [7, 11) is 0. The Morgan fingerprint density at radius 3 is 1.00 bits per heavy atom. The van der Waals surface area contributed by atoms with Crippen LogP contribution in [-0.2, 0) is 0 Å². The minimum absolute atomic E-state index is 0.804. The predicted molar refractivity (Wildman–Crippen MR) is 276 cm³/mol. The van der Waals surface area contributed by atoms with E-state index in [-0.39, 0.29) is 0 Å². The van der Waals surface area contributed by atoms with Crippen LogP contribution in [0.3, 0.4) is 0 Å². The van der Waals surface area contributed by atoms with Crippen molar-refractivity contribution in [3.05, 3.63) is 243 Å². The largest absolute Gasteiger partial charge is 0.456 e. The molecule has 0 spiro atoms. The smallest absolute Gasteiger partial charge is 0.139 e. The number of hydrogen-bond acceptors (Lipinski definition) is 4. The molecule has 2 heterocycles. The number of nitrogens with zero attached hydrogens (tertiary/aromatic N) is 2. The number of furan rings is 2. The second kappa shape index (κ2) is 15.4. The van der Waals surface area contributed by atoms with Crippen LogP contribution in [0.5, 0.6) is 0 Å². The van der Waals surface area contributed by atoms with Crippen LogP contribution >= 0.6 is 0 Å². The molecule has 0 fully saturated rings. The zero-order chi connectivity index (χ0) is 43.6. The highest BCUT2D eigenvalue weighted by Gasteiger charge is 2.19. The van der Waals surface area contributed by atoms with Crippen LogP contribution in [0.2, 0.25) is 0 Å². The molecule has 11 aromatic carbocycles. The first kappa shape index (κ1) is 37.7. The molecule has 0 amide bonds. The average molecular weight is 845 g/mol. The Labute approximate surface area is 381 Å². The maximum Gasteiger partial charge on any atom is 0.139 e. The third-order valence-corrected chi connectivity index (χ3v) is 12.9. The molecule has 0 bridgehead atoms. The van der Waals surface area contributed by atoms with Crippen LogP contribution in [0.1, 0.15) is 0 Å². The number of hydrogen-bond donors (Lipinski definition) is 0. The lowest BCUT2D eigenvalue weighted by atomic mass is 10.0. The molecular weight excluding hydrogens is 805 g/mol. The molecule has 0 radical (unpaired) electrons. The molecule has 310 valence electrons. The maximum absolute atomic E-state index is 6.66. The van der Waals surface area contributed by atoms with Gasteiger partial charge in [0.25, 0.3) is 0 Å². The minimum atomic E-state index is 0.804. The fourth-order valence-corrected chi connectivity index (χ4v) is 9.74. The molecule has 13 rings (SSSR count). The van der Waals surface area contributed by atoms with Crippen LogP contribution in [0, 0.1) is 0 Å². The number of anilines is 6. The molecule has 66 heavy (non-hydrogen) atoms. The van der Waals surface area contributed by atoms with Gasteiger partial charge in [-0.15, -0.1) is 0 Å². The summed E-state index contributed by atoms with van der Waals surface area (Å²) in [4.78, 5) is 4.64. The highest BCUT2D eigenvalue weighted by Crippen LogP contribution is 2.43. The van der Waals surface area contributed by atoms with E-state index >= 15 is 0 Å². The monoisotopic (exact) mass is 844 g/mol. The van der Waals surface area contributed by atoms with Gasteiger partial charge in [-0.05, 0) is 147 Å². The number of benzene rings is 11. The molecular formula is C62H40N2O2. The van der Waals surface area contributed by atoms with Crippen LogP contribution in [0.15, 0.2) is 251 Å². The fraction of sp³-hybridized carbons (Fsp3) is 0. The van der Waals surface area contributed by atoms with E-state index in [9.17, 15) is 0 Å². The van der Waals surface area contributed by atoms with E-state index in [1.165, 1.54) is 22.3 Å². The van der Waals surface area contributed by atoms with Gasteiger partial charge >= 0.3 is 0 Å². The standard InChI is InChI=1S/C62H40N2O2/c1-5-15-41(16-6-1)43-19-13-25-51(31-43)63(49-21-9-3-10-22-49)53-29-27-45-35-55-57-39-58-56-36-46-28-30-54(34-48(46)38-60(56)66-62(58)40-61(57)65-59(55)37-47(45)33-53)64(50-23-11-4-12-24-50)52-26-14-20-44(32-52)42-17-7-2-8-18-42/h1-40H. The van der Waals surface area contributed by atoms with Gasteiger partial charge in [0.1, 0.15) is 22.3 Å². The summed E-state index contributed by atoms with van der Waals surface area (Å²) in [5.41, 5.74) is 14.5. The van der Waals surface area contributed by atoms with Crippen molar-refractivity contribution in [1.82, 2.24) is 0 Å². The van der Waals surface area contributed by atoms with Gasteiger partial charge in [0, 0.05) is 61.7 Å². The second-order valence-corrected chi connectivity index (χ2v) is 17.0. The van der Waals surface area contributed by atoms with Gasteiger partial charge in [-0.3, -0.25) is 0 Å². The van der Waals surface area contributed by atoms with Crippen molar-refractivity contribution in [2.24, 2.45) is 0 Å². The quantitative estimate of drug-likeness (QED) is 0.153. The van der Waals surface area contributed by atoms with E-state index in [2.05, 4.69) is 252 Å². The van der Waals surface area contributed by atoms with E-state index in [1.807, 2.05) is 0 Å². The highest BCUT2D eigenvalue weighted by molar-refractivity contribution is 6.18. The third-order valence-electron chi connectivity index (χ3n) is 12.9. The number of rotatable bonds is 8. The lowest BCUT2D eigenvalue weighted by molar-refractivity contribution is 0.656. The summed E-state index contributed by atoms with van der Waals surface area (Å²) in [5.74, 6) is 0. The van der Waals surface area contributed by atoms with E-state index in [0.717, 1.165) is 99.5 Å². The van der Waals surface area contributed by atoms with Crippen LogP contribution in [0.4, 0.5) is 34.1 Å². The molecule has 0 atom stereocenters. The Morgan fingerprint density at radius 1 is 0.212 bits per heavy atom. The Balaban J connectivity index is 0.883. The Bertz CT molecular complexity index is 3680. The summed E-state index contributed by atoms with van der Waals surface area (Å²) < 4.78 is 13.3. The summed E-state index contributed by atoms with van der Waals surface area (Å²) in [6.45, 7) is 0. The second-order valence-electron chi connectivity index (χ2n) is 17.0. The summed E-state index contributed by atoms with van der Waals surface area (Å²) in [5, 5.41) is 8.82. The molecule has 2 aromatic heterocycles. The summed E-state index contributed by atoms with van der Waals surface area (Å²) in [6.07, 6.45) is 0. The van der Waals surface area contributed by atoms with E-state index in [1.54, 1.807) is 0 Å². The van der Waals surface area contributed by atoms with Gasteiger partial charge in [-0.25, -0.2) is 0 Å². The van der Waals surface area contributed by atoms with Gasteiger partial charge in [0.05, 0.1) is 0 Å². The molecule has 0 aliphatic heterocycles. The molecule has 0 aliphatic rings. The van der Waals surface area contributed by atoms with Crippen molar-refractivity contribution in [2.45, 2.75) is 0 Å². The lowest BCUT2D eigenvalue weighted by Crippen LogP contribution is -2.09. The van der Waals surface area contributed by atoms with Gasteiger partial charge in [0.2, 0.25) is 0 Å². The molecule has 13 aromatic rings. The molecule has 0 N–H and O–H groups in total. The highest BCUT2D eigenvalue weighted by atomic mass is 16.3. The number of fused-ring (bicyclic) bond motifs is 8. The Morgan fingerprint density at radius 2 is 0.561 bits per heavy atom. The van der Waals surface area contributed by atoms with Crippen molar-refractivity contribution in [3.63, 3.8) is 0 Å². The van der Waals surface area contributed by atoms with Crippen LogP contribution in [0.25, 0.3) is 87.7 Å². The normalized spacial score (nSPS) is 11.6. The third kappa shape index (κ3) is 6.55. The molecule has 0 saturated heterocycles. The first-order chi connectivity index (χ1) is 32.7. The fourth-order valence-electron chi connectivity index (χ4n) is 9.74.